The topological polar surface area (TPSA) is 45.4 Å². The molecule has 1 aliphatic heterocycles. The molecular weight excluding hydrogens is 276 g/mol. The first-order valence-electron chi connectivity index (χ1n) is 7.95. The maximum absolute atomic E-state index is 5.46. The molecule has 0 saturated carbocycles. The number of hydrogen-bond donors (Lipinski definition) is 0. The number of benzene rings is 1. The van der Waals surface area contributed by atoms with E-state index in [-0.39, 0.29) is 0 Å². The van der Waals surface area contributed by atoms with Crippen molar-refractivity contribution in [3.05, 3.63) is 30.3 Å². The van der Waals surface area contributed by atoms with Crippen LogP contribution in [0.25, 0.3) is 11.4 Å². The molecule has 118 valence electrons. The van der Waals surface area contributed by atoms with Gasteiger partial charge in [-0.05, 0) is 39.8 Å². The van der Waals surface area contributed by atoms with Gasteiger partial charge in [-0.25, -0.2) is 0 Å². The average Bonchev–Trinajstić information content (AvgIpc) is 3.05. The van der Waals surface area contributed by atoms with Gasteiger partial charge in [0.1, 0.15) is 0 Å². The molecule has 1 atom stereocenters. The van der Waals surface area contributed by atoms with Crippen LogP contribution >= 0.6 is 0 Å². The van der Waals surface area contributed by atoms with Crippen LogP contribution in [0.5, 0.6) is 0 Å². The SMILES string of the molecule is C[C@H](C1CCN(c2nc(-c3ccccc3)no2)CC1)N(C)C. The Morgan fingerprint density at radius 3 is 2.50 bits per heavy atom. The number of piperidine rings is 1. The first kappa shape index (κ1) is 15.0. The molecule has 0 amide bonds. The van der Waals surface area contributed by atoms with E-state index < -0.39 is 0 Å². The fourth-order valence-corrected chi connectivity index (χ4v) is 3.04. The van der Waals surface area contributed by atoms with Crippen LogP contribution in [0.3, 0.4) is 0 Å². The van der Waals surface area contributed by atoms with Crippen molar-refractivity contribution in [2.24, 2.45) is 5.92 Å². The Balaban J connectivity index is 1.64. The summed E-state index contributed by atoms with van der Waals surface area (Å²) in [6, 6.07) is 11.2. The van der Waals surface area contributed by atoms with E-state index in [4.69, 9.17) is 4.52 Å². The highest BCUT2D eigenvalue weighted by Gasteiger charge is 2.27. The Morgan fingerprint density at radius 2 is 1.86 bits per heavy atom. The van der Waals surface area contributed by atoms with Crippen molar-refractivity contribution in [2.75, 3.05) is 32.1 Å². The maximum atomic E-state index is 5.46. The predicted octanol–water partition coefficient (Wildman–Crippen LogP) is 2.90. The smallest absolute Gasteiger partial charge is 0.324 e. The third kappa shape index (κ3) is 3.14. The highest BCUT2D eigenvalue weighted by molar-refractivity contribution is 5.55. The summed E-state index contributed by atoms with van der Waals surface area (Å²) in [6.45, 7) is 4.28. The Hall–Kier alpha value is -1.88. The molecule has 0 radical (unpaired) electrons. The summed E-state index contributed by atoms with van der Waals surface area (Å²) in [5, 5.41) is 4.11. The third-order valence-electron chi connectivity index (χ3n) is 4.75. The van der Waals surface area contributed by atoms with E-state index in [1.807, 2.05) is 30.3 Å². The molecule has 2 heterocycles. The summed E-state index contributed by atoms with van der Waals surface area (Å²) >= 11 is 0. The maximum Gasteiger partial charge on any atom is 0.324 e. The van der Waals surface area contributed by atoms with Gasteiger partial charge in [0, 0.05) is 24.7 Å². The van der Waals surface area contributed by atoms with Gasteiger partial charge in [0.05, 0.1) is 0 Å². The number of aromatic nitrogens is 2. The number of nitrogens with zero attached hydrogens (tertiary/aromatic N) is 4. The number of hydrogen-bond acceptors (Lipinski definition) is 5. The Bertz CT molecular complexity index is 588. The van der Waals surface area contributed by atoms with Gasteiger partial charge in [0.15, 0.2) is 0 Å². The van der Waals surface area contributed by atoms with Crippen LogP contribution in [0, 0.1) is 5.92 Å². The van der Waals surface area contributed by atoms with Crippen molar-refractivity contribution >= 4 is 6.01 Å². The van der Waals surface area contributed by atoms with Crippen LogP contribution in [-0.4, -0.2) is 48.3 Å². The Kier molecular flexibility index (Phi) is 4.43. The molecule has 0 aliphatic carbocycles. The minimum atomic E-state index is 0.615. The molecule has 0 bridgehead atoms. The fourth-order valence-electron chi connectivity index (χ4n) is 3.04. The minimum absolute atomic E-state index is 0.615. The molecule has 1 aromatic carbocycles. The van der Waals surface area contributed by atoms with Crippen molar-refractivity contribution in [2.45, 2.75) is 25.8 Å². The minimum Gasteiger partial charge on any atom is -0.324 e. The summed E-state index contributed by atoms with van der Waals surface area (Å²) in [6.07, 6.45) is 2.34. The van der Waals surface area contributed by atoms with E-state index in [2.05, 4.69) is 41.0 Å². The molecule has 1 aliphatic rings. The molecule has 1 aromatic heterocycles. The van der Waals surface area contributed by atoms with E-state index in [0.717, 1.165) is 24.6 Å². The lowest BCUT2D eigenvalue weighted by atomic mass is 9.90. The fraction of sp³-hybridized carbons (Fsp3) is 0.529. The molecule has 22 heavy (non-hydrogen) atoms. The summed E-state index contributed by atoms with van der Waals surface area (Å²) in [4.78, 5) is 9.06. The molecule has 1 fully saturated rings. The first-order valence-corrected chi connectivity index (χ1v) is 7.95. The summed E-state index contributed by atoms with van der Waals surface area (Å²) in [5.41, 5.74) is 0.994. The van der Waals surface area contributed by atoms with Gasteiger partial charge in [-0.3, -0.25) is 0 Å². The molecule has 0 unspecified atom stereocenters. The highest BCUT2D eigenvalue weighted by atomic mass is 16.5. The molecule has 3 rings (SSSR count). The zero-order valence-electron chi connectivity index (χ0n) is 13.6. The second-order valence-electron chi connectivity index (χ2n) is 6.30. The van der Waals surface area contributed by atoms with Crippen LogP contribution in [-0.2, 0) is 0 Å². The largest absolute Gasteiger partial charge is 0.324 e. The Labute approximate surface area is 131 Å². The average molecular weight is 300 g/mol. The molecule has 0 N–H and O–H groups in total. The summed E-state index contributed by atoms with van der Waals surface area (Å²) in [5.74, 6) is 1.40. The van der Waals surface area contributed by atoms with Gasteiger partial charge in [-0.1, -0.05) is 35.5 Å². The third-order valence-corrected chi connectivity index (χ3v) is 4.75. The second-order valence-corrected chi connectivity index (χ2v) is 6.30. The van der Waals surface area contributed by atoms with Crippen LogP contribution < -0.4 is 4.90 Å². The van der Waals surface area contributed by atoms with E-state index in [0.29, 0.717) is 17.9 Å². The quantitative estimate of drug-likeness (QED) is 0.869. The van der Waals surface area contributed by atoms with Crippen LogP contribution in [0.15, 0.2) is 34.9 Å². The lowest BCUT2D eigenvalue weighted by molar-refractivity contribution is 0.196. The van der Waals surface area contributed by atoms with Crippen molar-refractivity contribution < 1.29 is 4.52 Å². The van der Waals surface area contributed by atoms with Crippen molar-refractivity contribution in [1.82, 2.24) is 15.0 Å². The number of anilines is 1. The van der Waals surface area contributed by atoms with Gasteiger partial charge in [-0.15, -0.1) is 0 Å². The molecule has 1 saturated heterocycles. The molecule has 5 nitrogen and oxygen atoms in total. The van der Waals surface area contributed by atoms with E-state index in [1.165, 1.54) is 12.8 Å². The summed E-state index contributed by atoms with van der Waals surface area (Å²) < 4.78 is 5.46. The van der Waals surface area contributed by atoms with Crippen LogP contribution in [0.2, 0.25) is 0 Å². The van der Waals surface area contributed by atoms with Crippen LogP contribution in [0.1, 0.15) is 19.8 Å². The van der Waals surface area contributed by atoms with Gasteiger partial charge >= 0.3 is 6.01 Å². The zero-order chi connectivity index (χ0) is 15.5. The zero-order valence-corrected chi connectivity index (χ0v) is 13.6. The van der Waals surface area contributed by atoms with Crippen molar-refractivity contribution in [1.29, 1.82) is 0 Å². The first-order chi connectivity index (χ1) is 10.6. The Morgan fingerprint density at radius 1 is 1.18 bits per heavy atom. The van der Waals surface area contributed by atoms with E-state index >= 15 is 0 Å². The highest BCUT2D eigenvalue weighted by Crippen LogP contribution is 2.27. The normalized spacial score (nSPS) is 17.9. The van der Waals surface area contributed by atoms with Gasteiger partial charge in [0.25, 0.3) is 0 Å². The molecule has 0 spiro atoms. The summed E-state index contributed by atoms with van der Waals surface area (Å²) in [7, 11) is 4.31. The van der Waals surface area contributed by atoms with Gasteiger partial charge in [-0.2, -0.15) is 4.98 Å². The molecule has 2 aromatic rings. The standard InChI is InChI=1S/C17H24N4O/c1-13(20(2)3)14-9-11-21(12-10-14)17-18-16(19-22-17)15-7-5-4-6-8-15/h4-8,13-14H,9-12H2,1-3H3/t13-/m1/s1. The van der Waals surface area contributed by atoms with Gasteiger partial charge in [0.2, 0.25) is 5.82 Å². The monoisotopic (exact) mass is 300 g/mol. The van der Waals surface area contributed by atoms with Gasteiger partial charge < -0.3 is 14.3 Å². The predicted molar refractivity (Wildman–Crippen MR) is 87.8 cm³/mol. The van der Waals surface area contributed by atoms with E-state index in [1.54, 1.807) is 0 Å². The number of rotatable bonds is 4. The van der Waals surface area contributed by atoms with Crippen molar-refractivity contribution in [3.8, 4) is 11.4 Å². The molecule has 5 heteroatoms. The lowest BCUT2D eigenvalue weighted by Crippen LogP contribution is -2.41. The lowest BCUT2D eigenvalue weighted by Gasteiger charge is -2.36. The molecular formula is C17H24N4O. The van der Waals surface area contributed by atoms with E-state index in [9.17, 15) is 0 Å². The van der Waals surface area contributed by atoms with Crippen molar-refractivity contribution in [3.63, 3.8) is 0 Å². The second kappa shape index (κ2) is 6.48. The van der Waals surface area contributed by atoms with Crippen LogP contribution in [0.4, 0.5) is 6.01 Å².